The zero-order chi connectivity index (χ0) is 23.3. The van der Waals surface area contributed by atoms with Crippen molar-refractivity contribution in [2.24, 2.45) is 0 Å². The van der Waals surface area contributed by atoms with Crippen molar-refractivity contribution in [2.45, 2.75) is 19.8 Å². The van der Waals surface area contributed by atoms with E-state index < -0.39 is 5.92 Å². The lowest BCUT2D eigenvalue weighted by Gasteiger charge is -2.25. The second-order valence-corrected chi connectivity index (χ2v) is 8.58. The largest absolute Gasteiger partial charge is 0.508 e. The van der Waals surface area contributed by atoms with Gasteiger partial charge in [-0.3, -0.25) is 0 Å². The second kappa shape index (κ2) is 7.75. The van der Waals surface area contributed by atoms with Crippen LogP contribution in [0.4, 0.5) is 0 Å². The molecule has 0 saturated heterocycles. The molecule has 0 aliphatic carbocycles. The number of rotatable bonds is 3. The summed E-state index contributed by atoms with van der Waals surface area (Å²) < 4.78 is 0. The van der Waals surface area contributed by atoms with Gasteiger partial charge < -0.3 is 20.4 Å². The van der Waals surface area contributed by atoms with E-state index in [0.717, 1.165) is 27.5 Å². The first-order valence-corrected chi connectivity index (χ1v) is 10.8. The molecule has 0 bridgehead atoms. The van der Waals surface area contributed by atoms with Crippen molar-refractivity contribution in [2.75, 3.05) is 0 Å². The summed E-state index contributed by atoms with van der Waals surface area (Å²) in [5.74, 6) is -0.248. The van der Waals surface area contributed by atoms with Crippen LogP contribution in [0.2, 0.25) is 0 Å². The molecule has 0 heterocycles. The van der Waals surface area contributed by atoms with Gasteiger partial charge in [0.25, 0.3) is 0 Å². The molecule has 164 valence electrons. The highest BCUT2D eigenvalue weighted by Crippen LogP contribution is 2.47. The van der Waals surface area contributed by atoms with Gasteiger partial charge in [0.15, 0.2) is 0 Å². The molecular weight excluding hydrogens is 412 g/mol. The van der Waals surface area contributed by atoms with Crippen LogP contribution in [0.15, 0.2) is 78.9 Å². The fourth-order valence-corrected chi connectivity index (χ4v) is 4.67. The molecule has 0 unspecified atom stereocenters. The molecule has 0 atom stereocenters. The maximum Gasteiger partial charge on any atom is 0.120 e. The van der Waals surface area contributed by atoms with Crippen LogP contribution in [0.25, 0.3) is 21.5 Å². The first-order chi connectivity index (χ1) is 15.8. The minimum Gasteiger partial charge on any atom is -0.508 e. The van der Waals surface area contributed by atoms with Gasteiger partial charge >= 0.3 is 0 Å². The quantitative estimate of drug-likeness (QED) is 0.240. The van der Waals surface area contributed by atoms with Crippen molar-refractivity contribution >= 4 is 21.5 Å². The van der Waals surface area contributed by atoms with E-state index in [4.69, 9.17) is 0 Å². The number of aromatic hydroxyl groups is 4. The van der Waals surface area contributed by atoms with Crippen LogP contribution < -0.4 is 0 Å². The summed E-state index contributed by atoms with van der Waals surface area (Å²) in [6.45, 7) is 4.06. The number of hydrogen-bond donors (Lipinski definition) is 4. The van der Waals surface area contributed by atoms with Crippen LogP contribution in [-0.2, 0) is 0 Å². The van der Waals surface area contributed by atoms with Crippen molar-refractivity contribution in [3.63, 3.8) is 0 Å². The zero-order valence-corrected chi connectivity index (χ0v) is 18.4. The monoisotopic (exact) mass is 436 g/mol. The number of aryl methyl sites for hydroxylation is 2. The van der Waals surface area contributed by atoms with Gasteiger partial charge in [-0.25, -0.2) is 0 Å². The number of hydrogen-bond acceptors (Lipinski definition) is 4. The Balaban J connectivity index is 1.95. The van der Waals surface area contributed by atoms with Gasteiger partial charge in [-0.05, 0) is 88.5 Å². The molecule has 0 saturated carbocycles. The number of phenolic OH excluding ortho intramolecular Hbond substituents is 4. The van der Waals surface area contributed by atoms with Gasteiger partial charge in [-0.1, -0.05) is 42.5 Å². The summed E-state index contributed by atoms with van der Waals surface area (Å²) in [4.78, 5) is 0. The average Bonchev–Trinajstić information content (AvgIpc) is 2.78. The predicted octanol–water partition coefficient (Wildman–Crippen LogP) is 6.61. The molecule has 0 spiro atoms. The van der Waals surface area contributed by atoms with Gasteiger partial charge in [0.05, 0.1) is 0 Å². The van der Waals surface area contributed by atoms with Crippen molar-refractivity contribution in [3.05, 3.63) is 107 Å². The zero-order valence-electron chi connectivity index (χ0n) is 18.4. The Hall–Kier alpha value is -4.18. The Morgan fingerprint density at radius 3 is 1.48 bits per heavy atom. The summed E-state index contributed by atoms with van der Waals surface area (Å²) in [5.41, 5.74) is 4.27. The molecule has 5 aromatic rings. The van der Waals surface area contributed by atoms with E-state index >= 15 is 0 Å². The highest BCUT2D eigenvalue weighted by atomic mass is 16.3. The molecule has 5 aromatic carbocycles. The van der Waals surface area contributed by atoms with Crippen molar-refractivity contribution in [1.82, 2.24) is 0 Å². The Bertz CT molecular complexity index is 1430. The Morgan fingerprint density at radius 1 is 0.515 bits per heavy atom. The molecule has 33 heavy (non-hydrogen) atoms. The lowest BCUT2D eigenvalue weighted by Crippen LogP contribution is -2.07. The van der Waals surface area contributed by atoms with Crippen LogP contribution in [0, 0.1) is 13.8 Å². The molecule has 0 amide bonds. The first-order valence-electron chi connectivity index (χ1n) is 10.8. The molecular formula is C29H24O4. The maximum atomic E-state index is 11.1. The van der Waals surface area contributed by atoms with E-state index in [2.05, 4.69) is 6.07 Å². The third-order valence-electron chi connectivity index (χ3n) is 6.49. The predicted molar refractivity (Wildman–Crippen MR) is 131 cm³/mol. The highest BCUT2D eigenvalue weighted by molar-refractivity contribution is 5.94. The molecule has 0 fully saturated rings. The molecule has 4 heteroatoms. The van der Waals surface area contributed by atoms with E-state index in [0.29, 0.717) is 21.9 Å². The molecule has 4 nitrogen and oxygen atoms in total. The molecule has 0 aromatic heterocycles. The standard InChI is InChI=1S/C29H24O4/c1-16-3-4-20(13-17(16)2)27(28-23-14-21(30)9-5-18(23)7-11-25(28)32)29-24-15-22(31)10-6-19(24)8-12-26(29)33/h3-15,27,30-33H,1-2H3. The van der Waals surface area contributed by atoms with Gasteiger partial charge in [0.2, 0.25) is 0 Å². The van der Waals surface area contributed by atoms with Gasteiger partial charge in [-0.2, -0.15) is 0 Å². The van der Waals surface area contributed by atoms with Crippen molar-refractivity contribution in [1.29, 1.82) is 0 Å². The van der Waals surface area contributed by atoms with E-state index in [1.54, 1.807) is 60.7 Å². The summed E-state index contributed by atoms with van der Waals surface area (Å²) in [6, 6.07) is 23.1. The number of fused-ring (bicyclic) bond motifs is 2. The van der Waals surface area contributed by atoms with Crippen molar-refractivity contribution in [3.8, 4) is 23.0 Å². The highest BCUT2D eigenvalue weighted by Gasteiger charge is 2.27. The fraction of sp³-hybridized carbons (Fsp3) is 0.103. The number of benzene rings is 5. The Morgan fingerprint density at radius 2 is 1.00 bits per heavy atom. The molecule has 0 aliphatic rings. The summed E-state index contributed by atoms with van der Waals surface area (Å²) in [6.07, 6.45) is 0. The average molecular weight is 437 g/mol. The summed E-state index contributed by atoms with van der Waals surface area (Å²) >= 11 is 0. The number of phenols is 4. The fourth-order valence-electron chi connectivity index (χ4n) is 4.67. The minimum atomic E-state index is -0.555. The Labute approximate surface area is 191 Å². The van der Waals surface area contributed by atoms with Gasteiger partial charge in [-0.15, -0.1) is 0 Å². The Kier molecular flexibility index (Phi) is 4.86. The minimum absolute atomic E-state index is 0.0629. The van der Waals surface area contributed by atoms with E-state index in [1.807, 2.05) is 26.0 Å². The molecule has 5 rings (SSSR count). The normalized spacial score (nSPS) is 11.5. The lowest BCUT2D eigenvalue weighted by atomic mass is 9.79. The molecule has 0 radical (unpaired) electrons. The van der Waals surface area contributed by atoms with Crippen LogP contribution in [-0.4, -0.2) is 20.4 Å². The topological polar surface area (TPSA) is 80.9 Å². The maximum absolute atomic E-state index is 11.1. The first kappa shape index (κ1) is 20.7. The van der Waals surface area contributed by atoms with Crippen LogP contribution in [0.3, 0.4) is 0 Å². The van der Waals surface area contributed by atoms with Crippen LogP contribution in [0.5, 0.6) is 23.0 Å². The van der Waals surface area contributed by atoms with Crippen molar-refractivity contribution < 1.29 is 20.4 Å². The summed E-state index contributed by atoms with van der Waals surface area (Å²) in [7, 11) is 0. The lowest BCUT2D eigenvalue weighted by molar-refractivity contribution is 0.460. The van der Waals surface area contributed by atoms with E-state index in [9.17, 15) is 20.4 Å². The molecule has 0 aliphatic heterocycles. The third-order valence-corrected chi connectivity index (χ3v) is 6.49. The van der Waals surface area contributed by atoms with Gasteiger partial charge in [0.1, 0.15) is 23.0 Å². The SMILES string of the molecule is Cc1ccc(C(c2c(O)ccc3ccc(O)cc23)c2c(O)ccc3ccc(O)cc23)cc1C. The third kappa shape index (κ3) is 3.50. The van der Waals surface area contributed by atoms with E-state index in [-0.39, 0.29) is 23.0 Å². The molecule has 4 N–H and O–H groups in total. The van der Waals surface area contributed by atoms with Crippen LogP contribution >= 0.6 is 0 Å². The second-order valence-electron chi connectivity index (χ2n) is 8.58. The smallest absolute Gasteiger partial charge is 0.120 e. The van der Waals surface area contributed by atoms with E-state index in [1.165, 1.54) is 0 Å². The van der Waals surface area contributed by atoms with Crippen LogP contribution in [0.1, 0.15) is 33.7 Å². The van der Waals surface area contributed by atoms with Gasteiger partial charge in [0, 0.05) is 17.0 Å². The summed E-state index contributed by atoms with van der Waals surface area (Å²) in [5, 5.41) is 45.8.